The molecule has 0 saturated carbocycles. The molecule has 0 unspecified atom stereocenters. The largest absolute Gasteiger partial charge is 0.220 e. The van der Waals surface area contributed by atoms with Gasteiger partial charge in [-0.25, -0.2) is 4.57 Å². The maximum absolute atomic E-state index is 8.90. The van der Waals surface area contributed by atoms with Gasteiger partial charge in [-0.1, -0.05) is 87.6 Å². The van der Waals surface area contributed by atoms with Crippen LogP contribution in [0.25, 0.3) is 33.2 Å². The van der Waals surface area contributed by atoms with Gasteiger partial charge < -0.3 is 0 Å². The molecule has 1 aromatic heterocycles. The van der Waals surface area contributed by atoms with E-state index in [1.165, 1.54) is 52.7 Å². The van der Waals surface area contributed by atoms with Crippen molar-refractivity contribution in [1.29, 1.82) is 0 Å². The SMILES string of the molecule is [2H]c1c([2H])[n+](C)c(-c2cc(-c3ccccc3)cc(C(C)C)c2C)c2ccc(C3CC[Si](C)(C)CC3)cc12. The predicted molar refractivity (Wildman–Crippen MR) is 154 cm³/mol. The van der Waals surface area contributed by atoms with Gasteiger partial charge in [-0.3, -0.25) is 0 Å². The highest BCUT2D eigenvalue weighted by Crippen LogP contribution is 2.40. The zero-order valence-corrected chi connectivity index (χ0v) is 23.2. The molecule has 1 fully saturated rings. The van der Waals surface area contributed by atoms with Gasteiger partial charge in [0.15, 0.2) is 6.17 Å². The van der Waals surface area contributed by atoms with Gasteiger partial charge in [-0.05, 0) is 76.9 Å². The van der Waals surface area contributed by atoms with Crippen molar-refractivity contribution in [2.24, 2.45) is 7.05 Å². The molecule has 0 atom stereocenters. The van der Waals surface area contributed by atoms with Gasteiger partial charge in [0.05, 0.1) is 12.3 Å². The van der Waals surface area contributed by atoms with Crippen LogP contribution in [0.3, 0.4) is 0 Å². The molecular weight excluding hydrogens is 438 g/mol. The lowest BCUT2D eigenvalue weighted by Crippen LogP contribution is -2.31. The van der Waals surface area contributed by atoms with Crippen LogP contribution in [-0.2, 0) is 7.05 Å². The topological polar surface area (TPSA) is 3.88 Å². The molecule has 0 aliphatic carbocycles. The summed E-state index contributed by atoms with van der Waals surface area (Å²) in [5.74, 6) is 0.960. The normalized spacial score (nSPS) is 17.0. The Balaban J connectivity index is 1.73. The quantitative estimate of drug-likeness (QED) is 0.203. The number of rotatable bonds is 4. The van der Waals surface area contributed by atoms with Crippen LogP contribution in [0.15, 0.2) is 72.9 Å². The molecule has 3 aromatic carbocycles. The van der Waals surface area contributed by atoms with Crippen LogP contribution in [0.5, 0.6) is 0 Å². The van der Waals surface area contributed by atoms with Crippen LogP contribution in [0.1, 0.15) is 58.0 Å². The smallest absolute Gasteiger partial charge is 0.200 e. The van der Waals surface area contributed by atoms with E-state index >= 15 is 0 Å². The van der Waals surface area contributed by atoms with Crippen molar-refractivity contribution < 1.29 is 7.31 Å². The molecule has 0 bridgehead atoms. The molecule has 5 rings (SSSR count). The lowest BCUT2D eigenvalue weighted by molar-refractivity contribution is -0.659. The van der Waals surface area contributed by atoms with Crippen LogP contribution < -0.4 is 4.57 Å². The number of nitrogens with zero attached hydrogens (tertiary/aromatic N) is 1. The second-order valence-electron chi connectivity index (χ2n) is 11.6. The van der Waals surface area contributed by atoms with E-state index in [1.54, 1.807) is 0 Å². The monoisotopic (exact) mass is 480 g/mol. The standard InChI is InChI=1S/C33H40NSi/c1-23(2)31-21-29(25-10-8-7-9-11-25)22-32(24(31)3)33-30-13-12-27(20-28(30)14-17-34(33)4)26-15-18-35(5,6)19-16-26/h7-14,17,20-23,26H,15-16,18-19H2,1-6H3/q+1/i14D,17D. The highest BCUT2D eigenvalue weighted by molar-refractivity contribution is 6.77. The first-order valence-corrected chi connectivity index (χ1v) is 16.6. The summed E-state index contributed by atoms with van der Waals surface area (Å²) in [6.07, 6.45) is 2.79. The first-order chi connectivity index (χ1) is 17.6. The second-order valence-corrected chi connectivity index (χ2v) is 17.0. The van der Waals surface area contributed by atoms with E-state index in [2.05, 4.69) is 94.5 Å². The van der Waals surface area contributed by atoms with E-state index in [-0.39, 0.29) is 6.17 Å². The second kappa shape index (κ2) is 9.39. The Morgan fingerprint density at radius 1 is 0.943 bits per heavy atom. The molecule has 1 aliphatic rings. The lowest BCUT2D eigenvalue weighted by atomic mass is 9.86. The van der Waals surface area contributed by atoms with Crippen LogP contribution in [0.4, 0.5) is 0 Å². The minimum Gasteiger partial charge on any atom is -0.200 e. The Morgan fingerprint density at radius 3 is 2.34 bits per heavy atom. The molecule has 0 amide bonds. The number of pyridine rings is 1. The molecule has 0 radical (unpaired) electrons. The minimum absolute atomic E-state index is 0.271. The molecule has 35 heavy (non-hydrogen) atoms. The first-order valence-electron chi connectivity index (χ1n) is 14.2. The predicted octanol–water partition coefficient (Wildman–Crippen LogP) is 9.02. The van der Waals surface area contributed by atoms with Gasteiger partial charge in [-0.2, -0.15) is 0 Å². The molecule has 4 aromatic rings. The summed E-state index contributed by atoms with van der Waals surface area (Å²) in [7, 11) is 0.921. The van der Waals surface area contributed by atoms with Crippen molar-refractivity contribution in [3.63, 3.8) is 0 Å². The Bertz CT molecular complexity index is 1460. The number of hydrogen-bond donors (Lipinski definition) is 0. The van der Waals surface area contributed by atoms with Crippen molar-refractivity contribution in [3.05, 3.63) is 89.6 Å². The molecule has 0 spiro atoms. The number of aromatic nitrogens is 1. The minimum atomic E-state index is -1.02. The van der Waals surface area contributed by atoms with Gasteiger partial charge in [0, 0.05) is 14.1 Å². The molecular formula is C33H40NSi+. The molecule has 180 valence electrons. The fourth-order valence-corrected chi connectivity index (χ4v) is 8.45. The van der Waals surface area contributed by atoms with Crippen molar-refractivity contribution in [2.75, 3.05) is 0 Å². The van der Waals surface area contributed by atoms with Gasteiger partial charge in [0.2, 0.25) is 5.69 Å². The summed E-state index contributed by atoms with van der Waals surface area (Å²) in [5.41, 5.74) is 8.53. The van der Waals surface area contributed by atoms with E-state index in [4.69, 9.17) is 2.74 Å². The van der Waals surface area contributed by atoms with E-state index < -0.39 is 8.07 Å². The number of hydrogen-bond acceptors (Lipinski definition) is 0. The van der Waals surface area contributed by atoms with E-state index in [9.17, 15) is 0 Å². The highest BCUT2D eigenvalue weighted by atomic mass is 28.3. The van der Waals surface area contributed by atoms with E-state index in [1.807, 2.05) is 11.6 Å². The van der Waals surface area contributed by atoms with Crippen LogP contribution in [0.2, 0.25) is 25.2 Å². The Kier molecular flexibility index (Phi) is 5.78. The summed E-state index contributed by atoms with van der Waals surface area (Å²) in [4.78, 5) is 0. The summed E-state index contributed by atoms with van der Waals surface area (Å²) < 4.78 is 19.7. The Labute approximate surface area is 215 Å². The average molecular weight is 481 g/mol. The third kappa shape index (κ3) is 4.73. The first kappa shape index (κ1) is 21.6. The van der Waals surface area contributed by atoms with Crippen LogP contribution >= 0.6 is 0 Å². The van der Waals surface area contributed by atoms with E-state index in [0.717, 1.165) is 22.0 Å². The van der Waals surface area contributed by atoms with Crippen molar-refractivity contribution in [1.82, 2.24) is 0 Å². The number of fused-ring (bicyclic) bond motifs is 1. The van der Waals surface area contributed by atoms with Crippen molar-refractivity contribution >= 4 is 18.8 Å². The van der Waals surface area contributed by atoms with Crippen LogP contribution in [-0.4, -0.2) is 8.07 Å². The fraction of sp³-hybridized carbons (Fsp3) is 0.364. The molecule has 1 aliphatic heterocycles. The molecule has 2 heterocycles. The number of benzene rings is 3. The summed E-state index contributed by atoms with van der Waals surface area (Å²) >= 11 is 0. The summed E-state index contributed by atoms with van der Waals surface area (Å²) in [6.45, 7) is 11.7. The molecule has 1 saturated heterocycles. The highest BCUT2D eigenvalue weighted by Gasteiger charge is 2.29. The van der Waals surface area contributed by atoms with Crippen LogP contribution in [0, 0.1) is 6.92 Å². The van der Waals surface area contributed by atoms with Crippen molar-refractivity contribution in [3.8, 4) is 22.4 Å². The maximum Gasteiger partial charge on any atom is 0.220 e. The zero-order valence-electron chi connectivity index (χ0n) is 24.2. The van der Waals surface area contributed by atoms with Gasteiger partial charge in [0.25, 0.3) is 0 Å². The maximum atomic E-state index is 8.90. The van der Waals surface area contributed by atoms with Gasteiger partial charge >= 0.3 is 0 Å². The third-order valence-electron chi connectivity index (χ3n) is 8.24. The molecule has 1 nitrogen and oxygen atoms in total. The van der Waals surface area contributed by atoms with Gasteiger partial charge in [0.1, 0.15) is 8.42 Å². The van der Waals surface area contributed by atoms with Crippen molar-refractivity contribution in [2.45, 2.75) is 70.6 Å². The third-order valence-corrected chi connectivity index (χ3v) is 11.5. The fourth-order valence-electron chi connectivity index (χ4n) is 5.94. The summed E-state index contributed by atoms with van der Waals surface area (Å²) in [5, 5.41) is 1.98. The summed E-state index contributed by atoms with van der Waals surface area (Å²) in [6, 6.07) is 25.1. The zero-order chi connectivity index (χ0) is 26.5. The van der Waals surface area contributed by atoms with Gasteiger partial charge in [-0.15, -0.1) is 0 Å². The molecule has 2 heteroatoms. The average Bonchev–Trinajstić information content (AvgIpc) is 2.88. The van der Waals surface area contributed by atoms with E-state index in [0.29, 0.717) is 17.9 Å². The Morgan fingerprint density at radius 2 is 1.66 bits per heavy atom. The Hall–Kier alpha value is -2.71. The lowest BCUT2D eigenvalue weighted by Gasteiger charge is -2.33. The molecule has 0 N–H and O–H groups in total.